The number of fused-ring (bicyclic) bond motifs is 3. The van der Waals surface area contributed by atoms with Gasteiger partial charge in [0.25, 0.3) is 5.56 Å². The molecule has 4 rings (SSSR count). The first-order valence-electron chi connectivity index (χ1n) is 10.8. The van der Waals surface area contributed by atoms with Gasteiger partial charge >= 0.3 is 0 Å². The van der Waals surface area contributed by atoms with Gasteiger partial charge in [-0.2, -0.15) is 0 Å². The number of aryl methyl sites for hydroxylation is 2. The van der Waals surface area contributed by atoms with Gasteiger partial charge in [-0.25, -0.2) is 4.98 Å². The second-order valence-corrected chi connectivity index (χ2v) is 9.52. The average molecular weight is 458 g/mol. The number of rotatable bonds is 9. The quantitative estimate of drug-likeness (QED) is 0.294. The Morgan fingerprint density at radius 1 is 1.26 bits per heavy atom. The Morgan fingerprint density at radius 3 is 2.81 bits per heavy atom. The zero-order valence-corrected chi connectivity index (χ0v) is 19.5. The molecule has 0 aliphatic heterocycles. The number of thiophene rings is 1. The summed E-state index contributed by atoms with van der Waals surface area (Å²) in [4.78, 5) is 32.8. The Bertz CT molecular complexity index is 1140. The number of thioether (sulfide) groups is 1. The first-order chi connectivity index (χ1) is 15.1. The Kier molecular flexibility index (Phi) is 6.97. The summed E-state index contributed by atoms with van der Waals surface area (Å²) in [6.45, 7) is 5.29. The SMILES string of the molecule is CCCCNC(=O)CSc1nc2sc3c(c2c(=O)n1-c1ccc(OCC)cc1)CCC3. The molecule has 1 aliphatic rings. The number of aromatic nitrogens is 2. The third-order valence-corrected chi connectivity index (χ3v) is 7.42. The van der Waals surface area contributed by atoms with E-state index in [1.165, 1.54) is 16.6 Å². The largest absolute Gasteiger partial charge is 0.494 e. The van der Waals surface area contributed by atoms with Gasteiger partial charge in [0.2, 0.25) is 5.91 Å². The van der Waals surface area contributed by atoms with Crippen molar-refractivity contribution < 1.29 is 9.53 Å². The Balaban J connectivity index is 1.72. The fraction of sp³-hybridized carbons (Fsp3) is 0.435. The lowest BCUT2D eigenvalue weighted by Gasteiger charge is -2.13. The van der Waals surface area contributed by atoms with E-state index < -0.39 is 0 Å². The highest BCUT2D eigenvalue weighted by molar-refractivity contribution is 7.99. The van der Waals surface area contributed by atoms with Crippen LogP contribution in [0.25, 0.3) is 15.9 Å². The summed E-state index contributed by atoms with van der Waals surface area (Å²) < 4.78 is 7.19. The third kappa shape index (κ3) is 4.65. The molecule has 6 nitrogen and oxygen atoms in total. The molecular weight excluding hydrogens is 430 g/mol. The fourth-order valence-electron chi connectivity index (χ4n) is 3.79. The van der Waals surface area contributed by atoms with Gasteiger partial charge in [-0.1, -0.05) is 25.1 Å². The van der Waals surface area contributed by atoms with E-state index in [1.807, 2.05) is 31.2 Å². The lowest BCUT2D eigenvalue weighted by Crippen LogP contribution is -2.27. The minimum atomic E-state index is -0.0533. The first-order valence-corrected chi connectivity index (χ1v) is 12.6. The highest BCUT2D eigenvalue weighted by Crippen LogP contribution is 2.36. The van der Waals surface area contributed by atoms with Crippen LogP contribution in [0.15, 0.2) is 34.2 Å². The van der Waals surface area contributed by atoms with Crippen LogP contribution in [0.5, 0.6) is 5.75 Å². The zero-order valence-electron chi connectivity index (χ0n) is 17.9. The van der Waals surface area contributed by atoms with Gasteiger partial charge in [-0.15, -0.1) is 11.3 Å². The highest BCUT2D eigenvalue weighted by Gasteiger charge is 2.24. The van der Waals surface area contributed by atoms with Crippen LogP contribution >= 0.6 is 23.1 Å². The fourth-order valence-corrected chi connectivity index (χ4v) is 5.94. The van der Waals surface area contributed by atoms with Crippen LogP contribution in [0.3, 0.4) is 0 Å². The molecule has 2 aromatic heterocycles. The number of hydrogen-bond donors (Lipinski definition) is 1. The van der Waals surface area contributed by atoms with Gasteiger partial charge in [0, 0.05) is 11.4 Å². The highest BCUT2D eigenvalue weighted by atomic mass is 32.2. The molecule has 3 aromatic rings. The topological polar surface area (TPSA) is 73.2 Å². The predicted molar refractivity (Wildman–Crippen MR) is 127 cm³/mol. The van der Waals surface area contributed by atoms with Crippen molar-refractivity contribution in [2.75, 3.05) is 18.9 Å². The molecule has 0 unspecified atom stereocenters. The summed E-state index contributed by atoms with van der Waals surface area (Å²) in [6.07, 6.45) is 5.03. The summed E-state index contributed by atoms with van der Waals surface area (Å²) in [5.74, 6) is 0.943. The molecule has 0 saturated carbocycles. The number of unbranched alkanes of at least 4 members (excludes halogenated alkanes) is 1. The van der Waals surface area contributed by atoms with Crippen molar-refractivity contribution in [2.24, 2.45) is 0 Å². The van der Waals surface area contributed by atoms with Crippen molar-refractivity contribution in [3.05, 3.63) is 45.1 Å². The number of nitrogens with zero attached hydrogens (tertiary/aromatic N) is 2. The van der Waals surface area contributed by atoms with E-state index in [9.17, 15) is 9.59 Å². The summed E-state index contributed by atoms with van der Waals surface area (Å²) in [7, 11) is 0. The molecule has 1 aromatic carbocycles. The molecule has 0 fully saturated rings. The summed E-state index contributed by atoms with van der Waals surface area (Å²) >= 11 is 2.93. The molecule has 2 heterocycles. The summed E-state index contributed by atoms with van der Waals surface area (Å²) in [6, 6.07) is 7.47. The van der Waals surface area contributed by atoms with Crippen LogP contribution < -0.4 is 15.6 Å². The van der Waals surface area contributed by atoms with E-state index in [2.05, 4.69) is 12.2 Å². The first kappa shape index (κ1) is 21.9. The van der Waals surface area contributed by atoms with Crippen LogP contribution in [-0.4, -0.2) is 34.4 Å². The number of nitrogens with one attached hydrogen (secondary N) is 1. The molecule has 0 atom stereocenters. The second kappa shape index (κ2) is 9.87. The standard InChI is InChI=1S/C23H27N3O3S2/c1-3-5-13-24-19(27)14-30-23-25-21-20(17-7-6-8-18(17)31-21)22(28)26(23)15-9-11-16(12-10-15)29-4-2/h9-12H,3-8,13-14H2,1-2H3,(H,24,27). The number of benzene rings is 1. The lowest BCUT2D eigenvalue weighted by atomic mass is 10.2. The molecule has 1 amide bonds. The second-order valence-electron chi connectivity index (χ2n) is 7.49. The maximum Gasteiger partial charge on any atom is 0.267 e. The van der Waals surface area contributed by atoms with Crippen LogP contribution in [-0.2, 0) is 17.6 Å². The van der Waals surface area contributed by atoms with Crippen molar-refractivity contribution in [3.8, 4) is 11.4 Å². The van der Waals surface area contributed by atoms with Crippen LogP contribution in [0.2, 0.25) is 0 Å². The molecular formula is C23H27N3O3S2. The van der Waals surface area contributed by atoms with Gasteiger partial charge in [0.1, 0.15) is 10.6 Å². The van der Waals surface area contributed by atoms with Gasteiger partial charge < -0.3 is 10.1 Å². The van der Waals surface area contributed by atoms with Crippen LogP contribution in [0, 0.1) is 0 Å². The Morgan fingerprint density at radius 2 is 2.06 bits per heavy atom. The monoisotopic (exact) mass is 457 g/mol. The minimum absolute atomic E-state index is 0.0419. The molecule has 0 saturated heterocycles. The van der Waals surface area contributed by atoms with Crippen molar-refractivity contribution in [1.29, 1.82) is 0 Å². The maximum absolute atomic E-state index is 13.6. The predicted octanol–water partition coefficient (Wildman–Crippen LogP) is 4.34. The van der Waals surface area contributed by atoms with Crippen LogP contribution in [0.4, 0.5) is 0 Å². The van der Waals surface area contributed by atoms with E-state index in [0.29, 0.717) is 18.3 Å². The van der Waals surface area contributed by atoms with Crippen molar-refractivity contribution >= 4 is 39.2 Å². The minimum Gasteiger partial charge on any atom is -0.494 e. The van der Waals surface area contributed by atoms with E-state index in [1.54, 1.807) is 15.9 Å². The van der Waals surface area contributed by atoms with Gasteiger partial charge in [-0.05, 0) is 62.4 Å². The van der Waals surface area contributed by atoms with Crippen LogP contribution in [0.1, 0.15) is 43.6 Å². The zero-order chi connectivity index (χ0) is 21.8. The molecule has 1 aliphatic carbocycles. The molecule has 1 N–H and O–H groups in total. The molecule has 0 radical (unpaired) electrons. The molecule has 0 bridgehead atoms. The number of carbonyl (C=O) groups excluding carboxylic acids is 1. The van der Waals surface area contributed by atoms with E-state index in [4.69, 9.17) is 9.72 Å². The lowest BCUT2D eigenvalue weighted by molar-refractivity contribution is -0.118. The smallest absolute Gasteiger partial charge is 0.267 e. The van der Waals surface area contributed by atoms with Gasteiger partial charge in [0.15, 0.2) is 5.16 Å². The number of amides is 1. The normalized spacial score (nSPS) is 12.8. The number of hydrogen-bond acceptors (Lipinski definition) is 6. The van der Waals surface area contributed by atoms with Gasteiger partial charge in [-0.3, -0.25) is 14.2 Å². The molecule has 164 valence electrons. The average Bonchev–Trinajstić information content (AvgIpc) is 3.34. The summed E-state index contributed by atoms with van der Waals surface area (Å²) in [5, 5.41) is 4.22. The van der Waals surface area contributed by atoms with E-state index >= 15 is 0 Å². The van der Waals surface area contributed by atoms with Crippen molar-refractivity contribution in [3.63, 3.8) is 0 Å². The van der Waals surface area contributed by atoms with E-state index in [-0.39, 0.29) is 17.2 Å². The Hall–Kier alpha value is -2.32. The number of ether oxygens (including phenoxy) is 1. The molecule has 31 heavy (non-hydrogen) atoms. The molecule has 8 heteroatoms. The summed E-state index contributed by atoms with van der Waals surface area (Å²) in [5.41, 5.74) is 1.84. The van der Waals surface area contributed by atoms with Crippen molar-refractivity contribution in [1.82, 2.24) is 14.9 Å². The van der Waals surface area contributed by atoms with Crippen molar-refractivity contribution in [2.45, 2.75) is 51.1 Å². The molecule has 0 spiro atoms. The maximum atomic E-state index is 13.6. The number of carbonyl (C=O) groups is 1. The third-order valence-electron chi connectivity index (χ3n) is 5.30. The van der Waals surface area contributed by atoms with Gasteiger partial charge in [0.05, 0.1) is 23.4 Å². The Labute approximate surface area is 190 Å². The van der Waals surface area contributed by atoms with E-state index in [0.717, 1.165) is 59.3 Å².